The normalized spacial score (nSPS) is 19.8. The van der Waals surface area contributed by atoms with Crippen molar-refractivity contribution < 1.29 is 31.5 Å². The smallest absolute Gasteiger partial charge is 0.258 e. The number of hydrogen-bond acceptors (Lipinski definition) is 7. The van der Waals surface area contributed by atoms with Crippen molar-refractivity contribution in [1.29, 1.82) is 0 Å². The van der Waals surface area contributed by atoms with E-state index in [0.717, 1.165) is 6.26 Å². The lowest BCUT2D eigenvalue weighted by Crippen LogP contribution is -2.50. The van der Waals surface area contributed by atoms with Crippen molar-refractivity contribution in [2.75, 3.05) is 37.7 Å². The Morgan fingerprint density at radius 1 is 1.19 bits per heavy atom. The standard InChI is InChI=1S/C23H30ClN3O7S2/c1-15-12-27(16(2)14-28)23(29)20-11-18(25-35(4,30)31)7-10-21(20)34-22(15)13-26(3)36(32,33)19-8-5-17(24)6-9-19/h5-11,15-16,22,25,28H,12-14H2,1-4H3/t15-,16+,22+/m1/s1. The Kier molecular flexibility index (Phi) is 8.56. The van der Waals surface area contributed by atoms with E-state index in [2.05, 4.69) is 4.72 Å². The molecule has 0 bridgehead atoms. The largest absolute Gasteiger partial charge is 0.488 e. The van der Waals surface area contributed by atoms with Crippen molar-refractivity contribution in [2.45, 2.75) is 30.9 Å². The first kappa shape index (κ1) is 28.2. The second-order valence-corrected chi connectivity index (χ2v) is 13.2. The number of nitrogens with zero attached hydrogens (tertiary/aromatic N) is 2. The van der Waals surface area contributed by atoms with Gasteiger partial charge in [-0.3, -0.25) is 9.52 Å². The molecule has 0 unspecified atom stereocenters. The zero-order valence-electron chi connectivity index (χ0n) is 20.4. The van der Waals surface area contributed by atoms with Gasteiger partial charge < -0.3 is 14.7 Å². The predicted molar refractivity (Wildman–Crippen MR) is 137 cm³/mol. The summed E-state index contributed by atoms with van der Waals surface area (Å²) in [6.45, 7) is 3.40. The van der Waals surface area contributed by atoms with Crippen LogP contribution >= 0.6 is 11.6 Å². The van der Waals surface area contributed by atoms with E-state index in [1.54, 1.807) is 6.92 Å². The number of amides is 1. The summed E-state index contributed by atoms with van der Waals surface area (Å²) in [6, 6.07) is 9.61. The van der Waals surface area contributed by atoms with Crippen LogP contribution in [0.4, 0.5) is 5.69 Å². The van der Waals surface area contributed by atoms with Crippen molar-refractivity contribution >= 4 is 43.2 Å². The molecule has 3 rings (SSSR count). The van der Waals surface area contributed by atoms with Crippen LogP contribution in [0.3, 0.4) is 0 Å². The van der Waals surface area contributed by atoms with Crippen LogP contribution in [0.15, 0.2) is 47.4 Å². The third kappa shape index (κ3) is 6.48. The Hall–Kier alpha value is -2.38. The molecule has 36 heavy (non-hydrogen) atoms. The van der Waals surface area contributed by atoms with Gasteiger partial charge in [-0.1, -0.05) is 18.5 Å². The number of carbonyl (C=O) groups is 1. The van der Waals surface area contributed by atoms with Gasteiger partial charge >= 0.3 is 0 Å². The molecular weight excluding hydrogens is 530 g/mol. The number of fused-ring (bicyclic) bond motifs is 1. The quantitative estimate of drug-likeness (QED) is 0.506. The number of nitrogens with one attached hydrogen (secondary N) is 1. The van der Waals surface area contributed by atoms with E-state index in [1.165, 1.54) is 58.7 Å². The number of sulfonamides is 2. The van der Waals surface area contributed by atoms with Crippen LogP contribution < -0.4 is 9.46 Å². The number of anilines is 1. The number of halogens is 1. The molecular formula is C23H30ClN3O7S2. The molecule has 13 heteroatoms. The minimum atomic E-state index is -3.85. The Bertz CT molecular complexity index is 1320. The van der Waals surface area contributed by atoms with E-state index in [0.29, 0.717) is 5.02 Å². The maximum absolute atomic E-state index is 13.4. The zero-order valence-corrected chi connectivity index (χ0v) is 22.8. The molecule has 0 radical (unpaired) electrons. The van der Waals surface area contributed by atoms with Crippen LogP contribution in [0, 0.1) is 5.92 Å². The van der Waals surface area contributed by atoms with Crippen molar-refractivity contribution in [3.8, 4) is 5.75 Å². The number of rotatable bonds is 8. The summed E-state index contributed by atoms with van der Waals surface area (Å²) in [4.78, 5) is 15.0. The van der Waals surface area contributed by atoms with Gasteiger partial charge in [-0.15, -0.1) is 0 Å². The molecule has 0 saturated heterocycles. The summed E-state index contributed by atoms with van der Waals surface area (Å²) in [6.07, 6.45) is 0.336. The summed E-state index contributed by atoms with van der Waals surface area (Å²) in [5.41, 5.74) is 0.279. The molecule has 1 aliphatic rings. The third-order valence-corrected chi connectivity index (χ3v) is 8.62. The number of aliphatic hydroxyl groups excluding tert-OH is 1. The lowest BCUT2D eigenvalue weighted by Gasteiger charge is -2.38. The summed E-state index contributed by atoms with van der Waals surface area (Å²) in [5, 5.41) is 10.2. The lowest BCUT2D eigenvalue weighted by molar-refractivity contribution is 0.0387. The van der Waals surface area contributed by atoms with E-state index in [4.69, 9.17) is 16.3 Å². The average Bonchev–Trinajstić information content (AvgIpc) is 2.80. The van der Waals surface area contributed by atoms with Crippen molar-refractivity contribution in [1.82, 2.24) is 9.21 Å². The van der Waals surface area contributed by atoms with Crippen LogP contribution in [0.5, 0.6) is 5.75 Å². The molecule has 1 heterocycles. The number of aliphatic hydroxyl groups is 1. The van der Waals surface area contributed by atoms with E-state index in [-0.39, 0.29) is 47.5 Å². The van der Waals surface area contributed by atoms with Gasteiger partial charge in [0.05, 0.1) is 35.9 Å². The molecule has 0 fully saturated rings. The van der Waals surface area contributed by atoms with Crippen molar-refractivity contribution in [2.24, 2.45) is 5.92 Å². The fourth-order valence-corrected chi connectivity index (χ4v) is 5.72. The average molecular weight is 560 g/mol. The van der Waals surface area contributed by atoms with Crippen LogP contribution in [-0.4, -0.2) is 82.2 Å². The van der Waals surface area contributed by atoms with Gasteiger partial charge in [0.1, 0.15) is 11.9 Å². The Morgan fingerprint density at radius 3 is 2.42 bits per heavy atom. The van der Waals surface area contributed by atoms with E-state index < -0.39 is 38.1 Å². The zero-order chi connectivity index (χ0) is 26.8. The highest BCUT2D eigenvalue weighted by Crippen LogP contribution is 2.31. The molecule has 0 aliphatic carbocycles. The summed E-state index contributed by atoms with van der Waals surface area (Å²) >= 11 is 5.89. The lowest BCUT2D eigenvalue weighted by atomic mass is 9.99. The summed E-state index contributed by atoms with van der Waals surface area (Å²) in [5.74, 6) is -0.563. The van der Waals surface area contributed by atoms with Gasteiger partial charge in [0.15, 0.2) is 0 Å². The molecule has 2 aromatic rings. The molecule has 198 valence electrons. The molecule has 0 aromatic heterocycles. The van der Waals surface area contributed by atoms with E-state index in [1.807, 2.05) is 6.92 Å². The fraction of sp³-hybridized carbons (Fsp3) is 0.435. The molecule has 2 N–H and O–H groups in total. The van der Waals surface area contributed by atoms with Crippen LogP contribution in [0.25, 0.3) is 0 Å². The molecule has 3 atom stereocenters. The fourth-order valence-electron chi connectivity index (χ4n) is 3.86. The highest BCUT2D eigenvalue weighted by atomic mass is 35.5. The maximum Gasteiger partial charge on any atom is 0.258 e. The van der Waals surface area contributed by atoms with Gasteiger partial charge in [-0.2, -0.15) is 4.31 Å². The van der Waals surface area contributed by atoms with Gasteiger partial charge in [-0.25, -0.2) is 16.8 Å². The number of carbonyl (C=O) groups excluding carboxylic acids is 1. The minimum Gasteiger partial charge on any atom is -0.488 e. The molecule has 2 aromatic carbocycles. The SMILES string of the molecule is C[C@@H]1CN([C@@H](C)CO)C(=O)c2cc(NS(C)(=O)=O)ccc2O[C@H]1CN(C)S(=O)(=O)c1ccc(Cl)cc1. The first-order chi connectivity index (χ1) is 16.7. The second-order valence-electron chi connectivity index (χ2n) is 8.95. The molecule has 1 amide bonds. The number of likely N-dealkylation sites (N-methyl/N-ethyl adjacent to an activating group) is 1. The molecule has 1 aliphatic heterocycles. The molecule has 10 nitrogen and oxygen atoms in total. The summed E-state index contributed by atoms with van der Waals surface area (Å²) < 4.78 is 59.4. The van der Waals surface area contributed by atoms with E-state index in [9.17, 15) is 26.7 Å². The van der Waals surface area contributed by atoms with Crippen LogP contribution in [-0.2, 0) is 20.0 Å². The second kappa shape index (κ2) is 10.9. The van der Waals surface area contributed by atoms with Crippen molar-refractivity contribution in [3.63, 3.8) is 0 Å². The highest BCUT2D eigenvalue weighted by Gasteiger charge is 2.35. The van der Waals surface area contributed by atoms with Gasteiger partial charge in [-0.05, 0) is 49.4 Å². The highest BCUT2D eigenvalue weighted by molar-refractivity contribution is 7.92. The Morgan fingerprint density at radius 2 is 1.83 bits per heavy atom. The van der Waals surface area contributed by atoms with Gasteiger partial charge in [0.25, 0.3) is 5.91 Å². The van der Waals surface area contributed by atoms with Crippen LogP contribution in [0.1, 0.15) is 24.2 Å². The monoisotopic (exact) mass is 559 g/mol. The Balaban J connectivity index is 1.99. The minimum absolute atomic E-state index is 0.0234. The number of hydrogen-bond donors (Lipinski definition) is 2. The third-order valence-electron chi connectivity index (χ3n) is 5.93. The van der Waals surface area contributed by atoms with Gasteiger partial charge in [0.2, 0.25) is 20.0 Å². The predicted octanol–water partition coefficient (Wildman–Crippen LogP) is 2.25. The first-order valence-corrected chi connectivity index (χ1v) is 14.9. The number of benzene rings is 2. The maximum atomic E-state index is 13.4. The van der Waals surface area contributed by atoms with Gasteiger partial charge in [0, 0.05) is 30.2 Å². The first-order valence-electron chi connectivity index (χ1n) is 11.1. The Labute approximate surface area is 216 Å². The number of ether oxygens (including phenoxy) is 1. The van der Waals surface area contributed by atoms with E-state index >= 15 is 0 Å². The molecule has 0 saturated carbocycles. The topological polar surface area (TPSA) is 133 Å². The molecule has 0 spiro atoms. The summed E-state index contributed by atoms with van der Waals surface area (Å²) in [7, 11) is -6.00. The van der Waals surface area contributed by atoms with Crippen molar-refractivity contribution in [3.05, 3.63) is 53.1 Å². The van der Waals surface area contributed by atoms with Crippen LogP contribution in [0.2, 0.25) is 5.02 Å².